The van der Waals surface area contributed by atoms with E-state index < -0.39 is 11.9 Å². The van der Waals surface area contributed by atoms with Crippen molar-refractivity contribution in [3.63, 3.8) is 0 Å². The molecule has 5 N–H and O–H groups in total. The summed E-state index contributed by atoms with van der Waals surface area (Å²) < 4.78 is 20.4. The highest BCUT2D eigenvalue weighted by atomic mass is 35.5. The van der Waals surface area contributed by atoms with Crippen LogP contribution in [-0.2, 0) is 55.1 Å². The normalized spacial score (nSPS) is 16.1. The number of carbonyl (C=O) groups excluding carboxylic acids is 3. The quantitative estimate of drug-likeness (QED) is 0.129. The molecule has 258 valence electrons. The zero-order valence-corrected chi connectivity index (χ0v) is 28.1. The number of halogens is 1. The topological polar surface area (TPSA) is 170 Å². The summed E-state index contributed by atoms with van der Waals surface area (Å²) in [7, 11) is 1.70. The van der Waals surface area contributed by atoms with Crippen LogP contribution in [0, 0.1) is 0 Å². The molecule has 3 aromatic rings. The zero-order chi connectivity index (χ0) is 33.1. The third-order valence-electron chi connectivity index (χ3n) is 8.42. The van der Waals surface area contributed by atoms with Gasteiger partial charge >= 0.3 is 5.69 Å². The number of rotatable bonds is 19. The number of aromatic nitrogens is 2. The minimum atomic E-state index is -0.684. The van der Waals surface area contributed by atoms with Crippen molar-refractivity contribution >= 4 is 41.2 Å². The van der Waals surface area contributed by atoms with Crippen molar-refractivity contribution in [2.24, 2.45) is 18.5 Å². The van der Waals surface area contributed by atoms with Crippen LogP contribution in [-0.4, -0.2) is 65.4 Å². The Kier molecular flexibility index (Phi) is 15.1. The number of imide groups is 1. The summed E-state index contributed by atoms with van der Waals surface area (Å²) in [4.78, 5) is 47.8. The summed E-state index contributed by atoms with van der Waals surface area (Å²) in [6, 6.07) is 13.2. The average Bonchev–Trinajstić information content (AvgIpc) is 3.28. The lowest BCUT2D eigenvalue weighted by Gasteiger charge is -2.21. The first-order valence-electron chi connectivity index (χ1n) is 16.1. The summed E-state index contributed by atoms with van der Waals surface area (Å²) in [5.74, 6) is -1.09. The number of aryl methyl sites for hydroxylation is 3. The molecule has 47 heavy (non-hydrogen) atoms. The van der Waals surface area contributed by atoms with Crippen molar-refractivity contribution in [1.29, 1.82) is 0 Å². The molecule has 1 unspecified atom stereocenters. The maximum atomic E-state index is 12.9. The Hall–Kier alpha value is -3.55. The van der Waals surface area contributed by atoms with Gasteiger partial charge in [0.1, 0.15) is 6.04 Å². The third-order valence-corrected chi connectivity index (χ3v) is 8.42. The summed E-state index contributed by atoms with van der Waals surface area (Å²) >= 11 is 0. The van der Waals surface area contributed by atoms with Gasteiger partial charge in [-0.3, -0.25) is 28.8 Å². The number of carbonyl (C=O) groups is 3. The third kappa shape index (κ3) is 11.0. The molecular weight excluding hydrogens is 626 g/mol. The highest BCUT2D eigenvalue weighted by Gasteiger charge is 2.31. The van der Waals surface area contributed by atoms with E-state index in [1.54, 1.807) is 11.6 Å². The standard InChI is InChI=1S/C34H47N5O7.ClH/c1-23(27(35)12-15-31(36)40)46-22-26-9-7-24(8-10-26)5-3-17-44-19-20-45-18-4-6-25-11-13-28-30(21-25)38(2)34(43)39(28)29-14-16-32(41)37-33(29)42;/h7-11,13,21,23,27,29H,3-6,12,14-20,22,35H2,1-2H3,(H2,36,40)(H,37,41,42);1H/t23-,27+,29?;/m1./s1. The van der Waals surface area contributed by atoms with E-state index in [1.807, 2.05) is 25.1 Å². The van der Waals surface area contributed by atoms with Gasteiger partial charge in [-0.05, 0) is 74.3 Å². The number of nitrogens with two attached hydrogens (primary N) is 2. The number of piperidine rings is 1. The van der Waals surface area contributed by atoms with Crippen LogP contribution in [0.15, 0.2) is 47.3 Å². The van der Waals surface area contributed by atoms with Crippen LogP contribution >= 0.6 is 12.4 Å². The lowest BCUT2D eigenvalue weighted by Crippen LogP contribution is -2.44. The van der Waals surface area contributed by atoms with E-state index in [0.29, 0.717) is 51.4 Å². The lowest BCUT2D eigenvalue weighted by molar-refractivity contribution is -0.135. The summed E-state index contributed by atoms with van der Waals surface area (Å²) in [6.07, 6.45) is 4.60. The summed E-state index contributed by atoms with van der Waals surface area (Å²) in [6.45, 7) is 4.70. The van der Waals surface area contributed by atoms with E-state index in [2.05, 4.69) is 29.6 Å². The molecular formula is C34H48ClN5O7. The summed E-state index contributed by atoms with van der Waals surface area (Å²) in [5, 5.41) is 2.34. The molecule has 1 aliphatic rings. The van der Waals surface area contributed by atoms with Crippen LogP contribution in [0.5, 0.6) is 0 Å². The van der Waals surface area contributed by atoms with Gasteiger partial charge in [0.25, 0.3) is 0 Å². The van der Waals surface area contributed by atoms with Gasteiger partial charge in [0, 0.05) is 39.1 Å². The van der Waals surface area contributed by atoms with Gasteiger partial charge in [0.2, 0.25) is 17.7 Å². The molecule has 0 aliphatic carbocycles. The van der Waals surface area contributed by atoms with E-state index in [4.69, 9.17) is 25.7 Å². The largest absolute Gasteiger partial charge is 0.379 e. The van der Waals surface area contributed by atoms with Gasteiger partial charge in [-0.2, -0.15) is 0 Å². The van der Waals surface area contributed by atoms with Crippen molar-refractivity contribution in [3.8, 4) is 0 Å². The minimum absolute atomic E-state index is 0. The first kappa shape index (κ1) is 37.9. The van der Waals surface area contributed by atoms with Crippen molar-refractivity contribution in [2.45, 2.75) is 83.1 Å². The number of nitrogens with one attached hydrogen (secondary N) is 1. The molecule has 0 saturated carbocycles. The maximum Gasteiger partial charge on any atom is 0.329 e. The Morgan fingerprint density at radius 1 is 0.936 bits per heavy atom. The molecule has 0 spiro atoms. The van der Waals surface area contributed by atoms with Gasteiger partial charge in [-0.25, -0.2) is 4.79 Å². The lowest BCUT2D eigenvalue weighted by atomic mass is 10.1. The van der Waals surface area contributed by atoms with Crippen LogP contribution in [0.3, 0.4) is 0 Å². The zero-order valence-electron chi connectivity index (χ0n) is 27.3. The van der Waals surface area contributed by atoms with E-state index in [1.165, 1.54) is 10.1 Å². The van der Waals surface area contributed by atoms with E-state index in [-0.39, 0.29) is 54.9 Å². The number of amides is 3. The van der Waals surface area contributed by atoms with Gasteiger partial charge in [-0.15, -0.1) is 12.4 Å². The highest BCUT2D eigenvalue weighted by molar-refractivity contribution is 6.00. The van der Waals surface area contributed by atoms with Crippen molar-refractivity contribution < 1.29 is 28.6 Å². The summed E-state index contributed by atoms with van der Waals surface area (Å²) in [5.41, 5.74) is 15.8. The first-order valence-corrected chi connectivity index (χ1v) is 16.1. The number of imidazole rings is 1. The van der Waals surface area contributed by atoms with Crippen molar-refractivity contribution in [2.75, 3.05) is 26.4 Å². The second-order valence-corrected chi connectivity index (χ2v) is 11.9. The molecule has 13 heteroatoms. The van der Waals surface area contributed by atoms with Crippen LogP contribution in [0.25, 0.3) is 11.0 Å². The molecule has 12 nitrogen and oxygen atoms in total. The van der Waals surface area contributed by atoms with Crippen LogP contribution < -0.4 is 22.5 Å². The molecule has 1 aromatic heterocycles. The monoisotopic (exact) mass is 673 g/mol. The SMILES string of the molecule is C[C@@H](OCc1ccc(CCCOCCOCCCc2ccc3c(c2)n(C)c(=O)n3C2CCC(=O)NC2=O)cc1)[C@@H](N)CCC(N)=O.Cl. The van der Waals surface area contributed by atoms with Gasteiger partial charge in [0.05, 0.1) is 37.0 Å². The van der Waals surface area contributed by atoms with Crippen LogP contribution in [0.4, 0.5) is 0 Å². The maximum absolute atomic E-state index is 12.9. The predicted octanol–water partition coefficient (Wildman–Crippen LogP) is 2.84. The number of hydrogen-bond donors (Lipinski definition) is 3. The number of primary amides is 1. The fourth-order valence-corrected chi connectivity index (χ4v) is 5.57. The van der Waals surface area contributed by atoms with Gasteiger partial charge < -0.3 is 25.7 Å². The Bertz CT molecular complexity index is 1540. The number of nitrogens with zero attached hydrogens (tertiary/aromatic N) is 2. The number of fused-ring (bicyclic) bond motifs is 1. The highest BCUT2D eigenvalue weighted by Crippen LogP contribution is 2.24. The van der Waals surface area contributed by atoms with Crippen molar-refractivity contribution in [1.82, 2.24) is 14.5 Å². The molecule has 4 rings (SSSR count). The van der Waals surface area contributed by atoms with Crippen LogP contribution in [0.1, 0.15) is 68.2 Å². The molecule has 1 aliphatic heterocycles. The smallest absolute Gasteiger partial charge is 0.329 e. The first-order chi connectivity index (χ1) is 22.1. The fraction of sp³-hybridized carbons (Fsp3) is 0.529. The fourth-order valence-electron chi connectivity index (χ4n) is 5.57. The molecule has 0 bridgehead atoms. The number of ether oxygens (including phenoxy) is 3. The Balaban J connectivity index is 0.00000600. The Morgan fingerprint density at radius 3 is 2.19 bits per heavy atom. The van der Waals surface area contributed by atoms with Gasteiger partial charge in [0.15, 0.2) is 0 Å². The molecule has 3 amide bonds. The molecule has 0 radical (unpaired) electrons. The van der Waals surface area contributed by atoms with E-state index in [9.17, 15) is 19.2 Å². The molecule has 2 aromatic carbocycles. The van der Waals surface area contributed by atoms with Crippen LogP contribution in [0.2, 0.25) is 0 Å². The second kappa shape index (κ2) is 18.7. The Labute approximate surface area is 281 Å². The van der Waals surface area contributed by atoms with E-state index in [0.717, 1.165) is 42.3 Å². The van der Waals surface area contributed by atoms with Gasteiger partial charge in [-0.1, -0.05) is 30.3 Å². The minimum Gasteiger partial charge on any atom is -0.379 e. The number of benzene rings is 2. The average molecular weight is 674 g/mol. The molecule has 1 saturated heterocycles. The molecule has 3 atom stereocenters. The van der Waals surface area contributed by atoms with E-state index >= 15 is 0 Å². The van der Waals surface area contributed by atoms with Crippen molar-refractivity contribution in [3.05, 3.63) is 69.6 Å². The molecule has 1 fully saturated rings. The second-order valence-electron chi connectivity index (χ2n) is 11.9. The predicted molar refractivity (Wildman–Crippen MR) is 181 cm³/mol. The Morgan fingerprint density at radius 2 is 1.55 bits per heavy atom. The molecule has 2 heterocycles. The number of hydrogen-bond acceptors (Lipinski definition) is 8.